The third-order valence-corrected chi connectivity index (χ3v) is 14.9. The van der Waals surface area contributed by atoms with E-state index in [1.165, 1.54) is 43.9 Å². The van der Waals surface area contributed by atoms with Gasteiger partial charge in [0.15, 0.2) is 12.0 Å². The number of guanidine groups is 1. The Labute approximate surface area is 558 Å². The van der Waals surface area contributed by atoms with Crippen LogP contribution in [-0.4, -0.2) is 230 Å². The van der Waals surface area contributed by atoms with Gasteiger partial charge in [0.1, 0.15) is 54.4 Å². The Morgan fingerprint density at radius 1 is 0.454 bits per heavy atom. The summed E-state index contributed by atoms with van der Waals surface area (Å²) in [7, 11) is 0. The molecule has 0 saturated carbocycles. The zero-order valence-electron chi connectivity index (χ0n) is 55.0. The molecule has 0 bridgehead atoms. The summed E-state index contributed by atoms with van der Waals surface area (Å²) >= 11 is 0. The first kappa shape index (κ1) is 79.5. The zero-order chi connectivity index (χ0) is 71.9. The first-order chi connectivity index (χ1) is 46.0. The number of aliphatic carboxylic acids is 1. The number of aliphatic hydroxyl groups excluding tert-OH is 3. The van der Waals surface area contributed by atoms with E-state index in [0.29, 0.717) is 24.2 Å². The number of amides is 10. The lowest BCUT2D eigenvalue weighted by molar-refractivity contribution is -0.146. The molecule has 0 unspecified atom stereocenters. The van der Waals surface area contributed by atoms with Gasteiger partial charge in [-0.2, -0.15) is 0 Å². The van der Waals surface area contributed by atoms with Gasteiger partial charge in [0.05, 0.1) is 72.9 Å². The Balaban J connectivity index is 1.62. The SMILES string of the molecule is CC(C)C[C@H](NC(=O)[C@H](Cc1c[nH]cn1)NC(=O)[C@H](Cc1c[nH]cn1)NC(=O)[C@H](CCCCN)NC(=O)[C@H](Cc1c[nH]cn1)NC(=O)[C@H](CC(C)C)NC(=O)[C@@H](N)Cc1c[nH]cn1)C(=O)N[C@@H](CCCNC(=N)N)C(=O)N[C@@H](CO)C(=O)N[C@H](C(=O)N[C@H](C(=O)O)[C@@H](C)O)[C@@H](C)O. The van der Waals surface area contributed by atoms with Gasteiger partial charge in [-0.1, -0.05) is 27.7 Å². The highest BCUT2D eigenvalue weighted by atomic mass is 16.4. The molecule has 0 spiro atoms. The summed E-state index contributed by atoms with van der Waals surface area (Å²) in [4.78, 5) is 181. The van der Waals surface area contributed by atoms with Gasteiger partial charge in [-0.3, -0.25) is 53.4 Å². The van der Waals surface area contributed by atoms with Gasteiger partial charge in [-0.25, -0.2) is 24.7 Å². The Kier molecular flexibility index (Phi) is 33.2. The van der Waals surface area contributed by atoms with Gasteiger partial charge in [0.25, 0.3) is 0 Å². The second-order valence-electron chi connectivity index (χ2n) is 24.2. The van der Waals surface area contributed by atoms with Crippen molar-refractivity contribution >= 4 is 71.0 Å². The van der Waals surface area contributed by atoms with Gasteiger partial charge in [0.2, 0.25) is 59.1 Å². The van der Waals surface area contributed by atoms with Crippen molar-refractivity contribution < 1.29 is 73.2 Å². The molecular formula is C59H95N23O15. The molecule has 97 heavy (non-hydrogen) atoms. The predicted molar refractivity (Wildman–Crippen MR) is 345 cm³/mol. The predicted octanol–water partition coefficient (Wildman–Crippen LogP) is -6.65. The van der Waals surface area contributed by atoms with Crippen LogP contribution in [-0.2, 0) is 78.4 Å². The normalized spacial score (nSPS) is 15.4. The van der Waals surface area contributed by atoms with Crippen molar-refractivity contribution in [1.82, 2.24) is 98.4 Å². The molecule has 38 heteroatoms. The summed E-state index contributed by atoms with van der Waals surface area (Å²) in [5.41, 5.74) is 18.9. The van der Waals surface area contributed by atoms with Gasteiger partial charge < -0.3 is 116 Å². The molecule has 0 aromatic carbocycles. The molecule has 38 nitrogen and oxygen atoms in total. The Morgan fingerprint density at radius 2 is 0.784 bits per heavy atom. The molecule has 4 heterocycles. The van der Waals surface area contributed by atoms with Gasteiger partial charge >= 0.3 is 5.97 Å². The highest BCUT2D eigenvalue weighted by Gasteiger charge is 2.38. The van der Waals surface area contributed by atoms with Crippen LogP contribution in [0.15, 0.2) is 50.1 Å². The molecule has 0 aliphatic rings. The molecule has 4 rings (SSSR count). The van der Waals surface area contributed by atoms with Gasteiger partial charge in [0, 0.05) is 57.0 Å². The molecule has 13 atom stereocenters. The van der Waals surface area contributed by atoms with Gasteiger partial charge in [-0.15, -0.1) is 0 Å². The van der Waals surface area contributed by atoms with Crippen molar-refractivity contribution in [2.45, 2.75) is 191 Å². The minimum atomic E-state index is -1.87. The number of aliphatic hydroxyl groups is 3. The maximum Gasteiger partial charge on any atom is 0.328 e. The monoisotopic (exact) mass is 1370 g/mol. The number of hydrogen-bond donors (Lipinski definition) is 23. The number of nitrogens with zero attached hydrogens (tertiary/aromatic N) is 4. The topological polar surface area (TPSA) is 618 Å². The molecule has 10 amide bonds. The molecule has 0 fully saturated rings. The van der Waals surface area contributed by atoms with Crippen LogP contribution in [0.1, 0.15) is 109 Å². The molecule has 4 aromatic heterocycles. The van der Waals surface area contributed by atoms with Crippen LogP contribution in [0.4, 0.5) is 0 Å². The maximum atomic E-state index is 14.8. The quantitative estimate of drug-likeness (QED) is 0.0111. The standard InChI is InChI=1S/C59H95N23O15/c1-29(2)14-40(75-48(86)37(61)16-33-20-64-25-69-33)52(90)78-42(17-34-21-65-26-70-34)53(91)73-38(10-7-8-12-60)49(87)77-43(18-35-22-66-27-71-35)55(93)79-44(19-36-23-67-28-72-36)54(92)76-41(15-30(3)4)51(89)74-39(11-9-13-68-59(62)63)50(88)80-45(24-83)56(94)81-46(31(5)84)57(95)82-47(32(6)85)58(96)97/h20-23,25-32,37-47,83-85H,7-19,24,60-61H2,1-6H3,(H,64,69)(H,65,70)(H,66,71)(H,67,72)(H,73,91)(H,74,89)(H,75,86)(H,76,92)(H,77,87)(H,78,90)(H,79,93)(H,80,88)(H,81,94)(H,82,95)(H,96,97)(H4,62,63,68)/t31-,32-,37+,38+,39+,40+,41+,42+,43+,44+,45+,46+,47+/m1/s1. The van der Waals surface area contributed by atoms with Crippen LogP contribution < -0.4 is 75.7 Å². The zero-order valence-corrected chi connectivity index (χ0v) is 55.0. The molecule has 26 N–H and O–H groups in total. The minimum Gasteiger partial charge on any atom is -0.480 e. The maximum absolute atomic E-state index is 14.8. The number of aromatic nitrogens is 8. The molecule has 4 aromatic rings. The summed E-state index contributed by atoms with van der Waals surface area (Å²) < 4.78 is 0. The number of carbonyl (C=O) groups excluding carboxylic acids is 10. The first-order valence-electron chi connectivity index (χ1n) is 31.7. The smallest absolute Gasteiger partial charge is 0.328 e. The fourth-order valence-electron chi connectivity index (χ4n) is 9.82. The lowest BCUT2D eigenvalue weighted by Gasteiger charge is -2.29. The Morgan fingerprint density at radius 3 is 1.13 bits per heavy atom. The van der Waals surface area contributed by atoms with E-state index in [1.54, 1.807) is 20.0 Å². The van der Waals surface area contributed by atoms with E-state index < -0.39 is 156 Å². The lowest BCUT2D eigenvalue weighted by atomic mass is 10.0. The summed E-state index contributed by atoms with van der Waals surface area (Å²) in [5.74, 6) is -12.0. The van der Waals surface area contributed by atoms with E-state index in [4.69, 9.17) is 22.6 Å². The highest BCUT2D eigenvalue weighted by Crippen LogP contribution is 2.14. The molecule has 0 radical (unpaired) electrons. The average Bonchev–Trinajstić information content (AvgIpc) is 1.09. The largest absolute Gasteiger partial charge is 0.480 e. The number of unbranched alkanes of at least 4 members (excludes halogenated alkanes) is 1. The fraction of sp³-hybridized carbons (Fsp3) is 0.593. The van der Waals surface area contributed by atoms with Crippen molar-refractivity contribution in [3.8, 4) is 0 Å². The molecule has 0 saturated heterocycles. The lowest BCUT2D eigenvalue weighted by Crippen LogP contribution is -2.62. The fourth-order valence-corrected chi connectivity index (χ4v) is 9.82. The van der Waals surface area contributed by atoms with Crippen molar-refractivity contribution in [1.29, 1.82) is 5.41 Å². The average molecular weight is 1370 g/mol. The van der Waals surface area contributed by atoms with Crippen LogP contribution in [0.25, 0.3) is 0 Å². The van der Waals surface area contributed by atoms with Crippen molar-refractivity contribution in [3.05, 3.63) is 72.9 Å². The van der Waals surface area contributed by atoms with Crippen LogP contribution in [0.5, 0.6) is 0 Å². The Bertz CT molecular complexity index is 3150. The van der Waals surface area contributed by atoms with E-state index in [1.807, 2.05) is 19.2 Å². The summed E-state index contributed by atoms with van der Waals surface area (Å²) in [6.07, 6.45) is 7.96. The second-order valence-corrected chi connectivity index (χ2v) is 24.2. The number of hydrogen-bond acceptors (Lipinski definition) is 21. The van der Waals surface area contributed by atoms with Crippen molar-refractivity contribution in [3.63, 3.8) is 0 Å². The van der Waals surface area contributed by atoms with E-state index >= 15 is 0 Å². The van der Waals surface area contributed by atoms with Crippen LogP contribution in [0.3, 0.4) is 0 Å². The number of rotatable bonds is 44. The number of imidazole rings is 4. The molecule has 536 valence electrons. The minimum absolute atomic E-state index is 0.000374. The highest BCUT2D eigenvalue weighted by molar-refractivity contribution is 5.99. The number of carbonyl (C=O) groups is 11. The van der Waals surface area contributed by atoms with E-state index in [0.717, 1.165) is 13.8 Å². The number of nitrogens with one attached hydrogen (secondary N) is 16. The van der Waals surface area contributed by atoms with E-state index in [2.05, 4.69) is 93.0 Å². The van der Waals surface area contributed by atoms with Crippen molar-refractivity contribution in [2.75, 3.05) is 19.7 Å². The summed E-state index contributed by atoms with van der Waals surface area (Å²) in [5, 5.41) is 75.4. The second kappa shape index (κ2) is 40.5. The number of carboxylic acid groups (broad SMARTS) is 1. The number of H-pyrrole nitrogens is 4. The summed E-state index contributed by atoms with van der Waals surface area (Å²) in [6.45, 7) is 8.37. The number of nitrogens with two attached hydrogens (primary N) is 3. The summed E-state index contributed by atoms with van der Waals surface area (Å²) in [6, 6.07) is -16.8. The first-order valence-corrected chi connectivity index (χ1v) is 31.7. The number of carboxylic acids is 1. The molecular weight excluding hydrogens is 1270 g/mol. The number of aromatic amines is 4. The van der Waals surface area contributed by atoms with E-state index in [9.17, 15) is 73.2 Å². The molecule has 0 aliphatic carbocycles. The van der Waals surface area contributed by atoms with Gasteiger partial charge in [-0.05, 0) is 77.2 Å². The molecule has 0 aliphatic heterocycles. The van der Waals surface area contributed by atoms with E-state index in [-0.39, 0.29) is 94.1 Å². The van der Waals surface area contributed by atoms with Crippen LogP contribution >= 0.6 is 0 Å². The third-order valence-electron chi connectivity index (χ3n) is 14.9. The Hall–Kier alpha value is -9.92. The van der Waals surface area contributed by atoms with Crippen LogP contribution in [0.2, 0.25) is 0 Å². The van der Waals surface area contributed by atoms with Crippen LogP contribution in [0, 0.1) is 17.2 Å². The third kappa shape index (κ3) is 27.8. The van der Waals surface area contributed by atoms with Crippen molar-refractivity contribution in [2.24, 2.45) is 29.0 Å².